The largest absolute Gasteiger partial charge is 0.334 e. The molecule has 1 fully saturated rings. The Morgan fingerprint density at radius 1 is 1.35 bits per heavy atom. The third-order valence-electron chi connectivity index (χ3n) is 3.40. The van der Waals surface area contributed by atoms with Crippen LogP contribution in [-0.2, 0) is 6.54 Å². The van der Waals surface area contributed by atoms with Gasteiger partial charge >= 0.3 is 0 Å². The smallest absolute Gasteiger partial charge is 0.259 e. The number of aromatic nitrogens is 2. The number of aryl methyl sites for hydroxylation is 1. The Morgan fingerprint density at radius 3 is 2.90 bits per heavy atom. The first-order valence-electron chi connectivity index (χ1n) is 6.74. The van der Waals surface area contributed by atoms with Crippen LogP contribution in [0.15, 0.2) is 27.2 Å². The van der Waals surface area contributed by atoms with E-state index in [4.69, 9.17) is 4.52 Å². The Balaban J connectivity index is 1.75. The fourth-order valence-corrected chi connectivity index (χ4v) is 2.95. The Morgan fingerprint density at radius 2 is 2.15 bits per heavy atom. The maximum absolute atomic E-state index is 5.38. The van der Waals surface area contributed by atoms with Crippen molar-refractivity contribution in [3.8, 4) is 11.5 Å². The number of nitrogens with one attached hydrogen (secondary N) is 1. The van der Waals surface area contributed by atoms with Crippen LogP contribution in [-0.4, -0.2) is 41.2 Å². The minimum Gasteiger partial charge on any atom is -0.334 e. The number of hydrogen-bond donors (Lipinski definition) is 1. The van der Waals surface area contributed by atoms with Gasteiger partial charge in [-0.15, -0.1) is 0 Å². The first kappa shape index (κ1) is 13.7. The zero-order valence-corrected chi connectivity index (χ0v) is 13.0. The molecule has 2 aromatic rings. The second kappa shape index (κ2) is 6.03. The minimum atomic E-state index is 0.571. The van der Waals surface area contributed by atoms with E-state index in [1.165, 1.54) is 5.56 Å². The van der Waals surface area contributed by atoms with Crippen molar-refractivity contribution in [3.63, 3.8) is 0 Å². The van der Waals surface area contributed by atoms with Gasteiger partial charge in [0.1, 0.15) is 0 Å². The highest BCUT2D eigenvalue weighted by Crippen LogP contribution is 2.27. The van der Waals surface area contributed by atoms with Gasteiger partial charge in [-0.3, -0.25) is 4.90 Å². The molecular formula is C14H17BrN4O. The standard InChI is InChI=1S/C14H17BrN4O/c1-10-2-3-11(12(15)8-10)14-17-13(18-20-14)9-19-6-4-16-5-7-19/h2-3,8,16H,4-7,9H2,1H3. The zero-order valence-electron chi connectivity index (χ0n) is 11.4. The number of hydrogen-bond acceptors (Lipinski definition) is 5. The first-order valence-corrected chi connectivity index (χ1v) is 7.54. The molecule has 3 rings (SSSR count). The molecule has 2 heterocycles. The Hall–Kier alpha value is -1.24. The number of piperazine rings is 1. The van der Waals surface area contributed by atoms with E-state index in [9.17, 15) is 0 Å². The highest BCUT2D eigenvalue weighted by molar-refractivity contribution is 9.10. The highest BCUT2D eigenvalue weighted by Gasteiger charge is 2.16. The highest BCUT2D eigenvalue weighted by atomic mass is 79.9. The van der Waals surface area contributed by atoms with E-state index in [1.54, 1.807) is 0 Å². The second-order valence-electron chi connectivity index (χ2n) is 5.03. The predicted octanol–water partition coefficient (Wildman–Crippen LogP) is 2.21. The average Bonchev–Trinajstić information content (AvgIpc) is 2.88. The molecule has 1 aromatic heterocycles. The van der Waals surface area contributed by atoms with Gasteiger partial charge in [0, 0.05) is 30.7 Å². The predicted molar refractivity (Wildman–Crippen MR) is 80.3 cm³/mol. The lowest BCUT2D eigenvalue weighted by atomic mass is 10.1. The molecule has 0 saturated carbocycles. The molecule has 106 valence electrons. The summed E-state index contributed by atoms with van der Waals surface area (Å²) in [6, 6.07) is 6.09. The van der Waals surface area contributed by atoms with Crippen LogP contribution in [0, 0.1) is 6.92 Å². The normalized spacial score (nSPS) is 16.5. The first-order chi connectivity index (χ1) is 9.72. The van der Waals surface area contributed by atoms with Gasteiger partial charge in [0.05, 0.1) is 12.1 Å². The van der Waals surface area contributed by atoms with Crippen LogP contribution in [0.25, 0.3) is 11.5 Å². The number of nitrogens with zero attached hydrogens (tertiary/aromatic N) is 3. The molecule has 5 nitrogen and oxygen atoms in total. The molecule has 1 saturated heterocycles. The molecule has 0 aliphatic carbocycles. The van der Waals surface area contributed by atoms with Gasteiger partial charge in [0.2, 0.25) is 0 Å². The lowest BCUT2D eigenvalue weighted by Crippen LogP contribution is -2.43. The SMILES string of the molecule is Cc1ccc(-c2nc(CN3CCNCC3)no2)c(Br)c1. The van der Waals surface area contributed by atoms with E-state index in [-0.39, 0.29) is 0 Å². The summed E-state index contributed by atoms with van der Waals surface area (Å²) < 4.78 is 6.36. The molecule has 0 radical (unpaired) electrons. The maximum Gasteiger partial charge on any atom is 0.259 e. The molecule has 0 bridgehead atoms. The van der Waals surface area contributed by atoms with E-state index < -0.39 is 0 Å². The van der Waals surface area contributed by atoms with Crippen LogP contribution in [0.3, 0.4) is 0 Å². The fourth-order valence-electron chi connectivity index (χ4n) is 2.29. The lowest BCUT2D eigenvalue weighted by molar-refractivity contribution is 0.225. The molecule has 0 amide bonds. The Kier molecular flexibility index (Phi) is 4.14. The molecule has 20 heavy (non-hydrogen) atoms. The van der Waals surface area contributed by atoms with Gasteiger partial charge in [-0.2, -0.15) is 4.98 Å². The number of halogens is 1. The van der Waals surface area contributed by atoms with Gasteiger partial charge < -0.3 is 9.84 Å². The van der Waals surface area contributed by atoms with Crippen LogP contribution < -0.4 is 5.32 Å². The van der Waals surface area contributed by atoms with Crippen molar-refractivity contribution < 1.29 is 4.52 Å². The van der Waals surface area contributed by atoms with Crippen LogP contribution in [0.5, 0.6) is 0 Å². The summed E-state index contributed by atoms with van der Waals surface area (Å²) in [5, 5.41) is 7.41. The average molecular weight is 337 g/mol. The summed E-state index contributed by atoms with van der Waals surface area (Å²) in [6.07, 6.45) is 0. The van der Waals surface area contributed by atoms with Gasteiger partial charge in [-0.25, -0.2) is 0 Å². The molecule has 0 atom stereocenters. The monoisotopic (exact) mass is 336 g/mol. The fraction of sp³-hybridized carbons (Fsp3) is 0.429. The third-order valence-corrected chi connectivity index (χ3v) is 4.05. The van der Waals surface area contributed by atoms with E-state index in [0.29, 0.717) is 5.89 Å². The van der Waals surface area contributed by atoms with Crippen molar-refractivity contribution in [1.29, 1.82) is 0 Å². The van der Waals surface area contributed by atoms with Crippen LogP contribution >= 0.6 is 15.9 Å². The van der Waals surface area contributed by atoms with Crippen molar-refractivity contribution in [2.75, 3.05) is 26.2 Å². The van der Waals surface area contributed by atoms with Crippen molar-refractivity contribution in [3.05, 3.63) is 34.1 Å². The topological polar surface area (TPSA) is 54.2 Å². The molecule has 6 heteroatoms. The molecule has 0 spiro atoms. The van der Waals surface area contributed by atoms with E-state index in [1.807, 2.05) is 12.1 Å². The number of benzene rings is 1. The zero-order chi connectivity index (χ0) is 13.9. The van der Waals surface area contributed by atoms with E-state index >= 15 is 0 Å². The summed E-state index contributed by atoms with van der Waals surface area (Å²) in [4.78, 5) is 6.82. The van der Waals surface area contributed by atoms with Crippen molar-refractivity contribution in [2.45, 2.75) is 13.5 Å². The summed E-state index contributed by atoms with van der Waals surface area (Å²) >= 11 is 3.55. The van der Waals surface area contributed by atoms with Crippen molar-refractivity contribution >= 4 is 15.9 Å². The van der Waals surface area contributed by atoms with Crippen LogP contribution in [0.2, 0.25) is 0 Å². The van der Waals surface area contributed by atoms with E-state index in [0.717, 1.165) is 48.6 Å². The van der Waals surface area contributed by atoms with Crippen molar-refractivity contribution in [1.82, 2.24) is 20.4 Å². The molecule has 1 N–H and O–H groups in total. The van der Waals surface area contributed by atoms with Gasteiger partial charge in [-0.1, -0.05) is 11.2 Å². The van der Waals surface area contributed by atoms with Gasteiger partial charge in [0.25, 0.3) is 5.89 Å². The second-order valence-corrected chi connectivity index (χ2v) is 5.88. The number of rotatable bonds is 3. The molecule has 1 aliphatic heterocycles. The quantitative estimate of drug-likeness (QED) is 0.931. The van der Waals surface area contributed by atoms with Gasteiger partial charge in [-0.05, 0) is 40.5 Å². The molecule has 1 aromatic carbocycles. The van der Waals surface area contributed by atoms with E-state index in [2.05, 4.69) is 49.3 Å². The molecule has 1 aliphatic rings. The van der Waals surface area contributed by atoms with Crippen molar-refractivity contribution in [2.24, 2.45) is 0 Å². The summed E-state index contributed by atoms with van der Waals surface area (Å²) in [5.74, 6) is 1.32. The van der Waals surface area contributed by atoms with Gasteiger partial charge in [0.15, 0.2) is 5.82 Å². The van der Waals surface area contributed by atoms with Crippen LogP contribution in [0.1, 0.15) is 11.4 Å². The molecular weight excluding hydrogens is 320 g/mol. The summed E-state index contributed by atoms with van der Waals surface area (Å²) in [7, 11) is 0. The Bertz CT molecular complexity index is 593. The Labute approximate surface area is 126 Å². The summed E-state index contributed by atoms with van der Waals surface area (Å²) in [6.45, 7) is 6.89. The third kappa shape index (κ3) is 3.08. The maximum atomic E-state index is 5.38. The van der Waals surface area contributed by atoms with Crippen LogP contribution in [0.4, 0.5) is 0 Å². The molecule has 0 unspecified atom stereocenters. The summed E-state index contributed by atoms with van der Waals surface area (Å²) in [5.41, 5.74) is 2.14. The minimum absolute atomic E-state index is 0.571. The lowest BCUT2D eigenvalue weighted by Gasteiger charge is -2.25.